The molecule has 0 spiro atoms. The van der Waals surface area contributed by atoms with E-state index in [1.807, 2.05) is 54.7 Å². The highest BCUT2D eigenvalue weighted by Crippen LogP contribution is 2.41. The smallest absolute Gasteiger partial charge is 0.170 e. The highest BCUT2D eigenvalue weighted by Gasteiger charge is 2.41. The third kappa shape index (κ3) is 5.36. The monoisotopic (exact) mass is 500 g/mol. The van der Waals surface area contributed by atoms with Gasteiger partial charge in [-0.15, -0.1) is 0 Å². The van der Waals surface area contributed by atoms with Gasteiger partial charge < -0.3 is 19.4 Å². The van der Waals surface area contributed by atoms with Gasteiger partial charge in [-0.3, -0.25) is 9.88 Å². The van der Waals surface area contributed by atoms with Crippen LogP contribution in [0.25, 0.3) is 0 Å². The van der Waals surface area contributed by atoms with Gasteiger partial charge in [0.1, 0.15) is 11.8 Å². The zero-order valence-electron chi connectivity index (χ0n) is 18.0. The predicted molar refractivity (Wildman–Crippen MR) is 134 cm³/mol. The molecule has 5 rings (SSSR count). The van der Waals surface area contributed by atoms with Crippen LogP contribution in [0.2, 0.25) is 5.02 Å². The minimum atomic E-state index is -0.0806. The van der Waals surface area contributed by atoms with Gasteiger partial charge in [-0.25, -0.2) is 0 Å². The summed E-state index contributed by atoms with van der Waals surface area (Å²) in [6.45, 7) is 5.19. The molecule has 0 aliphatic carbocycles. The number of hydrogen-bond donors (Lipinski definition) is 1. The predicted octanol–water partition coefficient (Wildman–Crippen LogP) is 4.78. The van der Waals surface area contributed by atoms with Gasteiger partial charge in [0.05, 0.1) is 24.9 Å². The molecular formula is C24H25ClN4O2S2. The Morgan fingerprint density at radius 3 is 2.64 bits per heavy atom. The standard InChI is InChI=1S/C24H25ClN4O2S2/c25-17-4-6-18(7-5-17)33-21-9-8-20(31-21)23-22(19-3-1-2-10-26-19)27-24(32)29(23)12-11-28-13-15-30-16-14-28/h1-10,22-23H,11-16H2,(H,27,32)/t22-,23-/m1/s1. The van der Waals surface area contributed by atoms with Gasteiger partial charge in [0.25, 0.3) is 0 Å². The number of nitrogens with one attached hydrogen (secondary N) is 1. The number of rotatable bonds is 7. The van der Waals surface area contributed by atoms with E-state index in [0.717, 1.165) is 71.0 Å². The van der Waals surface area contributed by atoms with Crippen molar-refractivity contribution in [3.8, 4) is 0 Å². The summed E-state index contributed by atoms with van der Waals surface area (Å²) >= 11 is 13.4. The second kappa shape index (κ2) is 10.4. The SMILES string of the molecule is S=C1N[C@H](c2ccccn2)[C@@H](c2ccc(Sc3ccc(Cl)cc3)o2)N1CCN1CCOCC1. The summed E-state index contributed by atoms with van der Waals surface area (Å²) in [5.74, 6) is 0.872. The second-order valence-corrected chi connectivity index (χ2v) is 9.89. The Balaban J connectivity index is 1.38. The molecule has 1 N–H and O–H groups in total. The normalized spacial score (nSPS) is 21.4. The molecule has 0 amide bonds. The van der Waals surface area contributed by atoms with E-state index in [2.05, 4.69) is 26.2 Å². The van der Waals surface area contributed by atoms with Gasteiger partial charge in [0.2, 0.25) is 0 Å². The maximum Gasteiger partial charge on any atom is 0.170 e. The summed E-state index contributed by atoms with van der Waals surface area (Å²) in [6.07, 6.45) is 1.82. The van der Waals surface area contributed by atoms with E-state index >= 15 is 0 Å². The molecule has 0 saturated carbocycles. The Morgan fingerprint density at radius 2 is 1.88 bits per heavy atom. The molecule has 0 radical (unpaired) electrons. The number of halogens is 1. The number of pyridine rings is 1. The van der Waals surface area contributed by atoms with Crippen molar-refractivity contribution in [2.75, 3.05) is 39.4 Å². The number of morpholine rings is 1. The Labute approximate surface area is 208 Å². The van der Waals surface area contributed by atoms with Gasteiger partial charge in [-0.05, 0) is 60.7 Å². The molecule has 2 saturated heterocycles. The number of thiocarbonyl (C=S) groups is 1. The van der Waals surface area contributed by atoms with Crippen molar-refractivity contribution >= 4 is 40.7 Å². The Hall–Kier alpha value is -2.10. The minimum Gasteiger partial charge on any atom is -0.452 e. The van der Waals surface area contributed by atoms with Crippen LogP contribution < -0.4 is 5.32 Å². The zero-order valence-corrected chi connectivity index (χ0v) is 20.4. The van der Waals surface area contributed by atoms with Gasteiger partial charge >= 0.3 is 0 Å². The summed E-state index contributed by atoms with van der Waals surface area (Å²) in [5, 5.41) is 5.77. The average Bonchev–Trinajstić information content (AvgIpc) is 3.44. The van der Waals surface area contributed by atoms with Crippen LogP contribution in [0.1, 0.15) is 23.5 Å². The Kier molecular flexibility index (Phi) is 7.18. The summed E-state index contributed by atoms with van der Waals surface area (Å²) < 4.78 is 11.8. The number of ether oxygens (including phenoxy) is 1. The number of furan rings is 1. The van der Waals surface area contributed by atoms with Crippen molar-refractivity contribution in [2.24, 2.45) is 0 Å². The molecule has 4 heterocycles. The molecule has 1 aromatic carbocycles. The lowest BCUT2D eigenvalue weighted by atomic mass is 10.0. The highest BCUT2D eigenvalue weighted by atomic mass is 35.5. The van der Waals surface area contributed by atoms with E-state index < -0.39 is 0 Å². The molecule has 2 fully saturated rings. The summed E-state index contributed by atoms with van der Waals surface area (Å²) in [4.78, 5) is 10.3. The highest BCUT2D eigenvalue weighted by molar-refractivity contribution is 7.99. The van der Waals surface area contributed by atoms with Crippen molar-refractivity contribution < 1.29 is 9.15 Å². The van der Waals surface area contributed by atoms with Crippen LogP contribution in [-0.4, -0.2) is 59.3 Å². The van der Waals surface area contributed by atoms with Crippen molar-refractivity contribution in [3.63, 3.8) is 0 Å². The van der Waals surface area contributed by atoms with Crippen LogP contribution in [0.3, 0.4) is 0 Å². The second-order valence-electron chi connectivity index (χ2n) is 7.99. The molecular weight excluding hydrogens is 476 g/mol. The lowest BCUT2D eigenvalue weighted by Crippen LogP contribution is -2.42. The number of nitrogens with zero attached hydrogens (tertiary/aromatic N) is 3. The Bertz CT molecular complexity index is 1070. The molecule has 3 aromatic rings. The maximum atomic E-state index is 6.35. The van der Waals surface area contributed by atoms with Crippen molar-refractivity contribution in [1.82, 2.24) is 20.1 Å². The molecule has 33 heavy (non-hydrogen) atoms. The summed E-state index contributed by atoms with van der Waals surface area (Å²) in [6, 6.07) is 17.6. The number of hydrogen-bond acceptors (Lipinski definition) is 6. The minimum absolute atomic E-state index is 0.0759. The van der Waals surface area contributed by atoms with Crippen molar-refractivity contribution in [3.05, 3.63) is 77.3 Å². The number of benzene rings is 1. The van der Waals surface area contributed by atoms with E-state index in [-0.39, 0.29) is 12.1 Å². The molecule has 6 nitrogen and oxygen atoms in total. The van der Waals surface area contributed by atoms with Crippen LogP contribution in [-0.2, 0) is 4.74 Å². The zero-order chi connectivity index (χ0) is 22.6. The van der Waals surface area contributed by atoms with Gasteiger partial charge in [0, 0.05) is 42.3 Å². The largest absolute Gasteiger partial charge is 0.452 e. The van der Waals surface area contributed by atoms with Crippen LogP contribution in [0.4, 0.5) is 0 Å². The Morgan fingerprint density at radius 1 is 1.06 bits per heavy atom. The first kappa shape index (κ1) is 22.7. The average molecular weight is 501 g/mol. The van der Waals surface area contributed by atoms with Crippen LogP contribution in [0.15, 0.2) is 75.2 Å². The quantitative estimate of drug-likeness (QED) is 0.465. The fourth-order valence-corrected chi connectivity index (χ4v) is 5.43. The van der Waals surface area contributed by atoms with Crippen molar-refractivity contribution in [2.45, 2.75) is 22.1 Å². The molecule has 172 valence electrons. The summed E-state index contributed by atoms with van der Waals surface area (Å²) in [7, 11) is 0. The van der Waals surface area contributed by atoms with Crippen LogP contribution in [0.5, 0.6) is 0 Å². The van der Waals surface area contributed by atoms with Gasteiger partial charge in [-0.2, -0.15) is 0 Å². The summed E-state index contributed by atoms with van der Waals surface area (Å²) in [5.41, 5.74) is 0.946. The maximum absolute atomic E-state index is 6.35. The lowest BCUT2D eigenvalue weighted by Gasteiger charge is -2.31. The van der Waals surface area contributed by atoms with E-state index in [4.69, 9.17) is 33.0 Å². The molecule has 0 unspecified atom stereocenters. The number of aromatic nitrogens is 1. The molecule has 2 aliphatic rings. The van der Waals surface area contributed by atoms with Crippen LogP contribution in [0, 0.1) is 0 Å². The molecule has 2 aliphatic heterocycles. The molecule has 2 aromatic heterocycles. The first-order valence-corrected chi connectivity index (χ1v) is 12.6. The third-order valence-electron chi connectivity index (χ3n) is 5.88. The van der Waals surface area contributed by atoms with Gasteiger partial charge in [-0.1, -0.05) is 29.4 Å². The van der Waals surface area contributed by atoms with E-state index in [9.17, 15) is 0 Å². The molecule has 2 atom stereocenters. The topological polar surface area (TPSA) is 53.8 Å². The van der Waals surface area contributed by atoms with Crippen molar-refractivity contribution in [1.29, 1.82) is 0 Å². The van der Waals surface area contributed by atoms with E-state index in [1.165, 1.54) is 0 Å². The van der Waals surface area contributed by atoms with E-state index in [1.54, 1.807) is 11.8 Å². The third-order valence-corrected chi connectivity index (χ3v) is 7.42. The van der Waals surface area contributed by atoms with Crippen LogP contribution >= 0.6 is 35.6 Å². The van der Waals surface area contributed by atoms with E-state index in [0.29, 0.717) is 0 Å². The first-order chi connectivity index (χ1) is 16.2. The lowest BCUT2D eigenvalue weighted by molar-refractivity contribution is 0.0347. The molecule has 9 heteroatoms. The fourth-order valence-electron chi connectivity index (χ4n) is 4.20. The first-order valence-electron chi connectivity index (χ1n) is 11.0. The van der Waals surface area contributed by atoms with Gasteiger partial charge in [0.15, 0.2) is 10.2 Å². The fraction of sp³-hybridized carbons (Fsp3) is 0.333. The molecule has 0 bridgehead atoms.